The lowest BCUT2D eigenvalue weighted by molar-refractivity contribution is -0.140. The number of methoxy groups -OCH3 is 2. The van der Waals surface area contributed by atoms with Crippen LogP contribution in [0.1, 0.15) is 12.8 Å². The normalized spacial score (nSPS) is 9.92. The van der Waals surface area contributed by atoms with Gasteiger partial charge in [0.1, 0.15) is 0 Å². The molecule has 6 nitrogen and oxygen atoms in total. The van der Waals surface area contributed by atoms with Crippen molar-refractivity contribution in [2.75, 3.05) is 14.2 Å². The van der Waals surface area contributed by atoms with Crippen molar-refractivity contribution in [3.05, 3.63) is 48.5 Å². The van der Waals surface area contributed by atoms with Crippen LogP contribution >= 0.6 is 0 Å². The van der Waals surface area contributed by atoms with Gasteiger partial charge in [0.15, 0.2) is 23.0 Å². The van der Waals surface area contributed by atoms with E-state index in [1.54, 1.807) is 48.5 Å². The first-order valence-electron chi connectivity index (χ1n) is 7.31. The van der Waals surface area contributed by atoms with Crippen LogP contribution in [0.2, 0.25) is 0 Å². The highest BCUT2D eigenvalue weighted by Crippen LogP contribution is 2.27. The quantitative estimate of drug-likeness (QED) is 0.574. The summed E-state index contributed by atoms with van der Waals surface area (Å²) >= 11 is 0. The molecule has 0 aromatic heterocycles. The van der Waals surface area contributed by atoms with E-state index in [0.717, 1.165) is 0 Å². The predicted octanol–water partition coefficient (Wildman–Crippen LogP) is 3.00. The summed E-state index contributed by atoms with van der Waals surface area (Å²) in [5.74, 6) is 0.420. The van der Waals surface area contributed by atoms with Crippen molar-refractivity contribution in [2.24, 2.45) is 0 Å². The number of carbonyl (C=O) groups excluding carboxylic acids is 2. The molecule has 0 bridgehead atoms. The van der Waals surface area contributed by atoms with E-state index in [1.807, 2.05) is 0 Å². The molecule has 0 radical (unpaired) electrons. The highest BCUT2D eigenvalue weighted by atomic mass is 16.6. The van der Waals surface area contributed by atoms with Crippen LogP contribution in [0.5, 0.6) is 23.0 Å². The molecule has 0 saturated carbocycles. The number of para-hydroxylation sites is 4. The number of hydrogen-bond acceptors (Lipinski definition) is 6. The number of ether oxygens (including phenoxy) is 4. The van der Waals surface area contributed by atoms with Crippen LogP contribution in [0.25, 0.3) is 0 Å². The molecule has 0 atom stereocenters. The van der Waals surface area contributed by atoms with Crippen LogP contribution < -0.4 is 18.9 Å². The maximum Gasteiger partial charge on any atom is 0.311 e. The average molecular weight is 330 g/mol. The second kappa shape index (κ2) is 8.57. The lowest BCUT2D eigenvalue weighted by atomic mass is 10.3. The molecule has 126 valence electrons. The van der Waals surface area contributed by atoms with Gasteiger partial charge in [-0.3, -0.25) is 9.59 Å². The highest BCUT2D eigenvalue weighted by Gasteiger charge is 2.14. The Kier molecular flexibility index (Phi) is 6.19. The number of benzene rings is 2. The van der Waals surface area contributed by atoms with Gasteiger partial charge in [0.05, 0.1) is 27.1 Å². The Bertz CT molecular complexity index is 649. The molecular formula is C18H18O6. The molecule has 0 N–H and O–H groups in total. The lowest BCUT2D eigenvalue weighted by Crippen LogP contribution is -2.14. The summed E-state index contributed by atoms with van der Waals surface area (Å²) < 4.78 is 20.6. The number of hydrogen-bond donors (Lipinski definition) is 0. The van der Waals surface area contributed by atoms with Crippen molar-refractivity contribution in [2.45, 2.75) is 12.8 Å². The van der Waals surface area contributed by atoms with Crippen LogP contribution in [-0.2, 0) is 9.59 Å². The highest BCUT2D eigenvalue weighted by molar-refractivity contribution is 5.80. The zero-order valence-corrected chi connectivity index (χ0v) is 13.5. The van der Waals surface area contributed by atoms with Crippen molar-refractivity contribution >= 4 is 11.9 Å². The standard InChI is InChI=1S/C18H18O6/c1-21-13-7-3-5-9-15(13)23-17(19)11-12-18(20)24-16-10-6-4-8-14(16)22-2/h3-10H,11-12H2,1-2H3. The number of carbonyl (C=O) groups is 2. The van der Waals surface area contributed by atoms with Crippen molar-refractivity contribution < 1.29 is 28.5 Å². The van der Waals surface area contributed by atoms with Crippen molar-refractivity contribution in [3.8, 4) is 23.0 Å². The Morgan fingerprint density at radius 2 is 1.00 bits per heavy atom. The van der Waals surface area contributed by atoms with Crippen LogP contribution in [0.15, 0.2) is 48.5 Å². The Labute approximate surface area is 139 Å². The third-order valence-corrected chi connectivity index (χ3v) is 3.12. The van der Waals surface area contributed by atoms with Gasteiger partial charge in [-0.15, -0.1) is 0 Å². The topological polar surface area (TPSA) is 71.1 Å². The second-order valence-electron chi connectivity index (χ2n) is 4.75. The summed E-state index contributed by atoms with van der Waals surface area (Å²) in [5, 5.41) is 0. The summed E-state index contributed by atoms with van der Waals surface area (Å²) in [5.41, 5.74) is 0. The van der Waals surface area contributed by atoms with Crippen LogP contribution in [-0.4, -0.2) is 26.2 Å². The van der Waals surface area contributed by atoms with E-state index in [-0.39, 0.29) is 12.8 Å². The van der Waals surface area contributed by atoms with Gasteiger partial charge in [0, 0.05) is 0 Å². The minimum atomic E-state index is -0.545. The number of esters is 2. The Morgan fingerprint density at radius 3 is 1.33 bits per heavy atom. The first kappa shape index (κ1) is 17.3. The Hall–Kier alpha value is -3.02. The van der Waals surface area contributed by atoms with Gasteiger partial charge in [-0.2, -0.15) is 0 Å². The van der Waals surface area contributed by atoms with Gasteiger partial charge >= 0.3 is 11.9 Å². The molecule has 0 aliphatic rings. The lowest BCUT2D eigenvalue weighted by Gasteiger charge is -2.09. The maximum atomic E-state index is 11.9. The summed E-state index contributed by atoms with van der Waals surface area (Å²) in [6.07, 6.45) is -0.210. The average Bonchev–Trinajstić information content (AvgIpc) is 2.61. The molecule has 2 rings (SSSR count). The van der Waals surface area contributed by atoms with E-state index in [0.29, 0.717) is 23.0 Å². The molecule has 2 aromatic rings. The molecule has 0 amide bonds. The van der Waals surface area contributed by atoms with Gasteiger partial charge in [0.25, 0.3) is 0 Å². The molecule has 0 unspecified atom stereocenters. The van der Waals surface area contributed by atoms with Crippen LogP contribution in [0, 0.1) is 0 Å². The summed E-state index contributed by atoms with van der Waals surface area (Å²) in [6, 6.07) is 13.6. The first-order chi connectivity index (χ1) is 11.6. The molecule has 0 heterocycles. The number of rotatable bonds is 7. The van der Waals surface area contributed by atoms with Crippen LogP contribution in [0.4, 0.5) is 0 Å². The SMILES string of the molecule is COc1ccccc1OC(=O)CCC(=O)Oc1ccccc1OC. The van der Waals surface area contributed by atoms with Crippen molar-refractivity contribution in [1.82, 2.24) is 0 Å². The fourth-order valence-corrected chi connectivity index (χ4v) is 1.96. The van der Waals surface area contributed by atoms with Gasteiger partial charge in [-0.25, -0.2) is 0 Å². The maximum absolute atomic E-state index is 11.9. The van der Waals surface area contributed by atoms with E-state index in [1.165, 1.54) is 14.2 Å². The predicted molar refractivity (Wildman–Crippen MR) is 86.5 cm³/mol. The molecular weight excluding hydrogens is 312 g/mol. The van der Waals surface area contributed by atoms with E-state index in [9.17, 15) is 9.59 Å². The van der Waals surface area contributed by atoms with Gasteiger partial charge < -0.3 is 18.9 Å². The smallest absolute Gasteiger partial charge is 0.311 e. The monoisotopic (exact) mass is 330 g/mol. The van der Waals surface area contributed by atoms with Crippen molar-refractivity contribution in [1.29, 1.82) is 0 Å². The minimum Gasteiger partial charge on any atom is -0.493 e. The molecule has 0 saturated heterocycles. The van der Waals surface area contributed by atoms with Gasteiger partial charge in [-0.1, -0.05) is 24.3 Å². The third kappa shape index (κ3) is 4.74. The summed E-state index contributed by atoms with van der Waals surface area (Å²) in [4.78, 5) is 23.7. The van der Waals surface area contributed by atoms with E-state index in [2.05, 4.69) is 0 Å². The fraction of sp³-hybridized carbons (Fsp3) is 0.222. The summed E-state index contributed by atoms with van der Waals surface area (Å²) in [6.45, 7) is 0. The molecule has 6 heteroatoms. The largest absolute Gasteiger partial charge is 0.493 e. The fourth-order valence-electron chi connectivity index (χ4n) is 1.96. The molecule has 24 heavy (non-hydrogen) atoms. The zero-order chi connectivity index (χ0) is 17.4. The molecule has 0 aliphatic carbocycles. The van der Waals surface area contributed by atoms with E-state index in [4.69, 9.17) is 18.9 Å². The molecule has 0 spiro atoms. The van der Waals surface area contributed by atoms with E-state index >= 15 is 0 Å². The zero-order valence-electron chi connectivity index (χ0n) is 13.5. The third-order valence-electron chi connectivity index (χ3n) is 3.12. The van der Waals surface area contributed by atoms with Gasteiger partial charge in [0.2, 0.25) is 0 Å². The second-order valence-corrected chi connectivity index (χ2v) is 4.75. The minimum absolute atomic E-state index is 0.105. The first-order valence-corrected chi connectivity index (χ1v) is 7.31. The van der Waals surface area contributed by atoms with Crippen molar-refractivity contribution in [3.63, 3.8) is 0 Å². The molecule has 2 aromatic carbocycles. The van der Waals surface area contributed by atoms with Crippen LogP contribution in [0.3, 0.4) is 0 Å². The summed E-state index contributed by atoms with van der Waals surface area (Å²) in [7, 11) is 2.97. The molecule has 0 aliphatic heterocycles. The Balaban J connectivity index is 1.86. The van der Waals surface area contributed by atoms with E-state index < -0.39 is 11.9 Å². The van der Waals surface area contributed by atoms with Gasteiger partial charge in [-0.05, 0) is 24.3 Å². The molecule has 0 fully saturated rings. The Morgan fingerprint density at radius 1 is 0.667 bits per heavy atom.